The van der Waals surface area contributed by atoms with Gasteiger partial charge in [0.1, 0.15) is 0 Å². The summed E-state index contributed by atoms with van der Waals surface area (Å²) < 4.78 is 14.9. The molecular weight excluding hydrogens is 277 g/mol. The average molecular weight is 293 g/mol. The fourth-order valence-electron chi connectivity index (χ4n) is 1.51. The number of hydrogen-bond donors (Lipinski definition) is 0. The van der Waals surface area contributed by atoms with E-state index in [1.165, 1.54) is 23.6 Å². The first-order chi connectivity index (χ1) is 9.27. The third-order valence-electron chi connectivity index (χ3n) is 2.60. The molecule has 0 N–H and O–H groups in total. The maximum Gasteiger partial charge on any atom is 0.253 e. The summed E-state index contributed by atoms with van der Waals surface area (Å²) in [7, 11) is 0. The Morgan fingerprint density at radius 1 is 1.45 bits per heavy atom. The highest BCUT2D eigenvalue weighted by Gasteiger charge is 2.21. The molecule has 0 radical (unpaired) electrons. The number of pyridine rings is 1. The van der Waals surface area contributed by atoms with Crippen molar-refractivity contribution >= 4 is 17.2 Å². The van der Waals surface area contributed by atoms with Gasteiger partial charge in [-0.2, -0.15) is 9.38 Å². The van der Waals surface area contributed by atoms with Crippen LogP contribution >= 0.6 is 11.3 Å². The first kappa shape index (κ1) is 14.6. The van der Waals surface area contributed by atoms with Gasteiger partial charge in [0.15, 0.2) is 4.80 Å². The lowest BCUT2D eigenvalue weighted by atomic mass is 9.96. The van der Waals surface area contributed by atoms with Crippen molar-refractivity contribution in [2.45, 2.75) is 27.7 Å². The zero-order valence-electron chi connectivity index (χ0n) is 11.8. The lowest BCUT2D eigenvalue weighted by Crippen LogP contribution is -2.23. The molecule has 0 aliphatic carbocycles. The van der Waals surface area contributed by atoms with Gasteiger partial charge in [0, 0.05) is 28.8 Å². The van der Waals surface area contributed by atoms with Gasteiger partial charge in [0.05, 0.1) is 5.69 Å². The van der Waals surface area contributed by atoms with Crippen molar-refractivity contribution in [2.24, 2.45) is 10.4 Å². The third-order valence-corrected chi connectivity index (χ3v) is 3.49. The van der Waals surface area contributed by atoms with Gasteiger partial charge in [-0.25, -0.2) is 4.98 Å². The molecule has 0 bridgehead atoms. The number of aryl methyl sites for hydroxylation is 1. The molecule has 0 fully saturated rings. The summed E-state index contributed by atoms with van der Waals surface area (Å²) in [6, 6.07) is 2.99. The molecular formula is C14H16FN3OS. The molecule has 0 unspecified atom stereocenters. The molecule has 106 valence electrons. The first-order valence-corrected chi connectivity index (χ1v) is 6.99. The largest absolute Gasteiger partial charge is 0.292 e. The molecule has 0 saturated carbocycles. The van der Waals surface area contributed by atoms with Crippen LogP contribution in [0.4, 0.5) is 4.39 Å². The number of thiazole rings is 1. The van der Waals surface area contributed by atoms with Gasteiger partial charge in [0.2, 0.25) is 5.95 Å². The van der Waals surface area contributed by atoms with E-state index >= 15 is 0 Å². The van der Waals surface area contributed by atoms with E-state index in [0.717, 1.165) is 4.88 Å². The maximum atomic E-state index is 13.2. The minimum atomic E-state index is -0.563. The number of amides is 1. The van der Waals surface area contributed by atoms with Crippen LogP contribution in [0, 0.1) is 18.3 Å². The molecule has 6 heteroatoms. The van der Waals surface area contributed by atoms with Crippen LogP contribution in [-0.2, 0) is 4.79 Å². The molecule has 0 aromatic carbocycles. The van der Waals surface area contributed by atoms with Crippen LogP contribution in [0.25, 0.3) is 5.69 Å². The van der Waals surface area contributed by atoms with Crippen LogP contribution in [-0.4, -0.2) is 15.5 Å². The Balaban J connectivity index is 2.57. The quantitative estimate of drug-likeness (QED) is 0.759. The second-order valence-corrected chi connectivity index (χ2v) is 6.71. The van der Waals surface area contributed by atoms with Crippen molar-refractivity contribution in [1.82, 2.24) is 9.55 Å². The molecule has 2 aromatic rings. The van der Waals surface area contributed by atoms with E-state index in [2.05, 4.69) is 9.98 Å². The normalized spacial score (nSPS) is 12.8. The zero-order valence-corrected chi connectivity index (χ0v) is 12.7. The summed E-state index contributed by atoms with van der Waals surface area (Å²) in [5.74, 6) is -0.769. The summed E-state index contributed by atoms with van der Waals surface area (Å²) in [6.07, 6.45) is 3.22. The number of halogens is 1. The van der Waals surface area contributed by atoms with Gasteiger partial charge in [-0.15, -0.1) is 11.3 Å². The fourth-order valence-corrected chi connectivity index (χ4v) is 2.35. The summed E-state index contributed by atoms with van der Waals surface area (Å²) in [4.78, 5) is 21.2. The standard InChI is InChI=1S/C14H16FN3OS/c1-9-8-18(10-5-6-16-11(15)7-10)13(20-9)17-12(19)14(2,3)4/h5-8H,1-4H3. The van der Waals surface area contributed by atoms with E-state index in [-0.39, 0.29) is 5.91 Å². The van der Waals surface area contributed by atoms with Crippen LogP contribution in [0.1, 0.15) is 25.6 Å². The molecule has 0 aliphatic rings. The zero-order chi connectivity index (χ0) is 14.9. The van der Waals surface area contributed by atoms with E-state index in [4.69, 9.17) is 0 Å². The topological polar surface area (TPSA) is 47.2 Å². The summed E-state index contributed by atoms with van der Waals surface area (Å²) in [5.41, 5.74) is 0.0569. The van der Waals surface area contributed by atoms with Crippen LogP contribution in [0.15, 0.2) is 29.5 Å². The smallest absolute Gasteiger partial charge is 0.253 e. The van der Waals surface area contributed by atoms with E-state index in [1.807, 2.05) is 33.9 Å². The number of carbonyl (C=O) groups is 1. The van der Waals surface area contributed by atoms with Crippen LogP contribution in [0.2, 0.25) is 0 Å². The number of aromatic nitrogens is 2. The highest BCUT2D eigenvalue weighted by Crippen LogP contribution is 2.16. The lowest BCUT2D eigenvalue weighted by molar-refractivity contribution is -0.125. The first-order valence-electron chi connectivity index (χ1n) is 6.17. The number of carbonyl (C=O) groups excluding carboxylic acids is 1. The summed E-state index contributed by atoms with van der Waals surface area (Å²) in [5, 5.41) is 0. The van der Waals surface area contributed by atoms with E-state index in [0.29, 0.717) is 10.5 Å². The van der Waals surface area contributed by atoms with Crippen molar-refractivity contribution < 1.29 is 9.18 Å². The van der Waals surface area contributed by atoms with E-state index < -0.39 is 11.4 Å². The monoisotopic (exact) mass is 293 g/mol. The number of nitrogens with zero attached hydrogens (tertiary/aromatic N) is 3. The molecule has 2 rings (SSSR count). The highest BCUT2D eigenvalue weighted by atomic mass is 32.1. The van der Waals surface area contributed by atoms with Crippen molar-refractivity contribution in [1.29, 1.82) is 0 Å². The Hall–Kier alpha value is -1.82. The Kier molecular flexibility index (Phi) is 3.85. The highest BCUT2D eigenvalue weighted by molar-refractivity contribution is 7.09. The van der Waals surface area contributed by atoms with Crippen LogP contribution in [0.5, 0.6) is 0 Å². The minimum Gasteiger partial charge on any atom is -0.292 e. The van der Waals surface area contributed by atoms with Crippen LogP contribution in [0.3, 0.4) is 0 Å². The second-order valence-electron chi connectivity index (χ2n) is 5.50. The third kappa shape index (κ3) is 3.19. The van der Waals surface area contributed by atoms with Crippen molar-refractivity contribution in [3.05, 3.63) is 40.2 Å². The molecule has 0 aliphatic heterocycles. The van der Waals surface area contributed by atoms with Crippen molar-refractivity contribution in [3.8, 4) is 5.69 Å². The maximum absolute atomic E-state index is 13.2. The van der Waals surface area contributed by atoms with Gasteiger partial charge in [-0.3, -0.25) is 9.36 Å². The van der Waals surface area contributed by atoms with Crippen LogP contribution < -0.4 is 4.80 Å². The fraction of sp³-hybridized carbons (Fsp3) is 0.357. The van der Waals surface area contributed by atoms with Crippen molar-refractivity contribution in [3.63, 3.8) is 0 Å². The lowest BCUT2D eigenvalue weighted by Gasteiger charge is -2.11. The molecule has 2 heterocycles. The molecule has 0 spiro atoms. The molecule has 1 amide bonds. The predicted octanol–water partition coefficient (Wildman–Crippen LogP) is 2.85. The summed E-state index contributed by atoms with van der Waals surface area (Å²) >= 11 is 1.39. The Morgan fingerprint density at radius 2 is 2.15 bits per heavy atom. The van der Waals surface area contributed by atoms with Gasteiger partial charge in [-0.1, -0.05) is 20.8 Å². The Morgan fingerprint density at radius 3 is 2.75 bits per heavy atom. The summed E-state index contributed by atoms with van der Waals surface area (Å²) in [6.45, 7) is 7.36. The van der Waals surface area contributed by atoms with E-state index in [9.17, 15) is 9.18 Å². The second kappa shape index (κ2) is 5.28. The van der Waals surface area contributed by atoms with Crippen molar-refractivity contribution in [2.75, 3.05) is 0 Å². The van der Waals surface area contributed by atoms with E-state index in [1.54, 1.807) is 10.6 Å². The Bertz CT molecular complexity index is 710. The Labute approximate surface area is 120 Å². The van der Waals surface area contributed by atoms with Gasteiger partial charge < -0.3 is 0 Å². The molecule has 20 heavy (non-hydrogen) atoms. The van der Waals surface area contributed by atoms with Gasteiger partial charge in [0.25, 0.3) is 5.91 Å². The average Bonchev–Trinajstić information content (AvgIpc) is 2.69. The van der Waals surface area contributed by atoms with Gasteiger partial charge >= 0.3 is 0 Å². The molecule has 4 nitrogen and oxygen atoms in total. The predicted molar refractivity (Wildman–Crippen MR) is 76.2 cm³/mol. The minimum absolute atomic E-state index is 0.206. The van der Waals surface area contributed by atoms with Gasteiger partial charge in [-0.05, 0) is 13.0 Å². The SMILES string of the molecule is Cc1cn(-c2ccnc(F)c2)c(=NC(=O)C(C)(C)C)s1. The molecule has 0 saturated heterocycles. The molecule has 0 atom stereocenters. The molecule has 2 aromatic heterocycles. The number of hydrogen-bond acceptors (Lipinski definition) is 3. The number of rotatable bonds is 1.